The molecule has 2 heterocycles. The minimum Gasteiger partial charge on any atom is -0.375 e. The first-order valence-corrected chi connectivity index (χ1v) is 7.88. The third-order valence-corrected chi connectivity index (χ3v) is 5.45. The molecular formula is C16H27N3O. The summed E-state index contributed by atoms with van der Waals surface area (Å²) in [6.07, 6.45) is 6.20. The Bertz CT molecular complexity index is 490. The molecule has 4 heteroatoms. The lowest BCUT2D eigenvalue weighted by Crippen LogP contribution is -2.47. The molecule has 20 heavy (non-hydrogen) atoms. The molecule has 1 aliphatic heterocycles. The quantitative estimate of drug-likeness (QED) is 0.923. The normalized spacial score (nSPS) is 26.5. The van der Waals surface area contributed by atoms with Crippen molar-refractivity contribution in [2.24, 2.45) is 13.0 Å². The molecule has 4 nitrogen and oxygen atoms in total. The van der Waals surface area contributed by atoms with Crippen molar-refractivity contribution in [2.75, 3.05) is 13.7 Å². The van der Waals surface area contributed by atoms with E-state index in [0.717, 1.165) is 13.0 Å². The van der Waals surface area contributed by atoms with Crippen molar-refractivity contribution in [3.05, 3.63) is 17.0 Å². The van der Waals surface area contributed by atoms with Crippen LogP contribution in [0.25, 0.3) is 0 Å². The second-order valence-electron chi connectivity index (χ2n) is 6.61. The van der Waals surface area contributed by atoms with E-state index in [1.165, 1.54) is 42.6 Å². The summed E-state index contributed by atoms with van der Waals surface area (Å²) in [6, 6.07) is 0.407. The zero-order valence-corrected chi connectivity index (χ0v) is 13.2. The number of hydrogen-bond acceptors (Lipinski definition) is 3. The minimum absolute atomic E-state index is 0.210. The van der Waals surface area contributed by atoms with Crippen molar-refractivity contribution in [2.45, 2.75) is 57.6 Å². The first-order chi connectivity index (χ1) is 9.56. The number of ether oxygens (including phenoxy) is 1. The molecule has 0 aromatic carbocycles. The van der Waals surface area contributed by atoms with Gasteiger partial charge in [-0.2, -0.15) is 5.10 Å². The summed E-state index contributed by atoms with van der Waals surface area (Å²) in [4.78, 5) is 0. The van der Waals surface area contributed by atoms with Gasteiger partial charge in [-0.1, -0.05) is 0 Å². The van der Waals surface area contributed by atoms with Crippen molar-refractivity contribution in [3.8, 4) is 0 Å². The van der Waals surface area contributed by atoms with E-state index in [4.69, 9.17) is 4.74 Å². The van der Waals surface area contributed by atoms with Crippen LogP contribution in [0.3, 0.4) is 0 Å². The van der Waals surface area contributed by atoms with E-state index in [1.807, 2.05) is 11.7 Å². The monoisotopic (exact) mass is 277 g/mol. The van der Waals surface area contributed by atoms with Gasteiger partial charge < -0.3 is 10.1 Å². The molecule has 1 spiro atoms. The van der Waals surface area contributed by atoms with Crippen molar-refractivity contribution < 1.29 is 4.74 Å². The molecule has 1 saturated heterocycles. The second kappa shape index (κ2) is 5.15. The van der Waals surface area contributed by atoms with Crippen LogP contribution in [0.2, 0.25) is 0 Å². The lowest BCUT2D eigenvalue weighted by atomic mass is 9.69. The summed E-state index contributed by atoms with van der Waals surface area (Å²) in [6.45, 7) is 5.23. The van der Waals surface area contributed by atoms with Gasteiger partial charge in [0.2, 0.25) is 0 Å². The molecule has 1 saturated carbocycles. The highest BCUT2D eigenvalue weighted by Gasteiger charge is 2.44. The molecule has 2 unspecified atom stereocenters. The SMILES string of the molecule is CNC(c1c(C)nn(C)c1C)C1CCOC2(CCC2)C1. The maximum absolute atomic E-state index is 6.08. The Morgan fingerprint density at radius 1 is 1.40 bits per heavy atom. The zero-order valence-electron chi connectivity index (χ0n) is 13.2. The molecule has 3 rings (SSSR count). The summed E-state index contributed by atoms with van der Waals surface area (Å²) < 4.78 is 8.09. The Kier molecular flexibility index (Phi) is 3.63. The Hall–Kier alpha value is -0.870. The van der Waals surface area contributed by atoms with E-state index < -0.39 is 0 Å². The highest BCUT2D eigenvalue weighted by molar-refractivity contribution is 5.29. The molecule has 2 aliphatic rings. The third kappa shape index (κ3) is 2.19. The Morgan fingerprint density at radius 2 is 2.15 bits per heavy atom. The lowest BCUT2D eigenvalue weighted by Gasteiger charge is -2.48. The molecule has 1 aliphatic carbocycles. The fourth-order valence-corrected chi connectivity index (χ4v) is 4.13. The Labute approximate surface area is 121 Å². The smallest absolute Gasteiger partial charge is 0.0686 e. The minimum atomic E-state index is 0.210. The number of nitrogens with one attached hydrogen (secondary N) is 1. The molecule has 1 N–H and O–H groups in total. The van der Waals surface area contributed by atoms with Crippen LogP contribution in [0, 0.1) is 19.8 Å². The molecular weight excluding hydrogens is 250 g/mol. The number of aryl methyl sites for hydroxylation is 2. The molecule has 0 bridgehead atoms. The fourth-order valence-electron chi connectivity index (χ4n) is 4.13. The van der Waals surface area contributed by atoms with Crippen LogP contribution in [0.4, 0.5) is 0 Å². The Morgan fingerprint density at radius 3 is 2.65 bits per heavy atom. The van der Waals surface area contributed by atoms with Crippen molar-refractivity contribution in [1.29, 1.82) is 0 Å². The first-order valence-electron chi connectivity index (χ1n) is 7.88. The predicted molar refractivity (Wildman–Crippen MR) is 79.7 cm³/mol. The molecule has 0 amide bonds. The average Bonchev–Trinajstić information content (AvgIpc) is 2.65. The van der Waals surface area contributed by atoms with Crippen LogP contribution < -0.4 is 5.32 Å². The predicted octanol–water partition coefficient (Wildman–Crippen LogP) is 2.65. The van der Waals surface area contributed by atoms with Crippen molar-refractivity contribution >= 4 is 0 Å². The van der Waals surface area contributed by atoms with E-state index in [9.17, 15) is 0 Å². The molecule has 1 aromatic heterocycles. The van der Waals surface area contributed by atoms with Gasteiger partial charge in [0, 0.05) is 31.0 Å². The van der Waals surface area contributed by atoms with Crippen LogP contribution in [0.15, 0.2) is 0 Å². The number of nitrogens with zero attached hydrogens (tertiary/aromatic N) is 2. The molecule has 2 atom stereocenters. The lowest BCUT2D eigenvalue weighted by molar-refractivity contribution is -0.147. The van der Waals surface area contributed by atoms with Gasteiger partial charge in [0.25, 0.3) is 0 Å². The third-order valence-electron chi connectivity index (χ3n) is 5.45. The largest absolute Gasteiger partial charge is 0.375 e. The van der Waals surface area contributed by atoms with Crippen LogP contribution in [0.1, 0.15) is 55.1 Å². The first kappa shape index (κ1) is 14.1. The van der Waals surface area contributed by atoms with Gasteiger partial charge in [-0.25, -0.2) is 0 Å². The second-order valence-corrected chi connectivity index (χ2v) is 6.61. The average molecular weight is 277 g/mol. The highest BCUT2D eigenvalue weighted by atomic mass is 16.5. The fraction of sp³-hybridized carbons (Fsp3) is 0.812. The van der Waals surface area contributed by atoms with Crippen LogP contribution in [-0.2, 0) is 11.8 Å². The van der Waals surface area contributed by atoms with E-state index in [0.29, 0.717) is 12.0 Å². The standard InChI is InChI=1S/C16H27N3O/c1-11-14(12(2)19(4)18-11)15(17-3)13-6-9-20-16(10-13)7-5-8-16/h13,15,17H,5-10H2,1-4H3. The summed E-state index contributed by atoms with van der Waals surface area (Å²) in [5, 5.41) is 8.15. The summed E-state index contributed by atoms with van der Waals surface area (Å²) >= 11 is 0. The topological polar surface area (TPSA) is 39.1 Å². The van der Waals surface area contributed by atoms with Gasteiger partial charge in [-0.3, -0.25) is 4.68 Å². The van der Waals surface area contributed by atoms with Gasteiger partial charge in [0.1, 0.15) is 0 Å². The molecule has 0 radical (unpaired) electrons. The highest BCUT2D eigenvalue weighted by Crippen LogP contribution is 2.47. The molecule has 1 aromatic rings. The van der Waals surface area contributed by atoms with E-state index >= 15 is 0 Å². The van der Waals surface area contributed by atoms with Gasteiger partial charge in [0.05, 0.1) is 11.3 Å². The maximum Gasteiger partial charge on any atom is 0.0686 e. The van der Waals surface area contributed by atoms with E-state index in [2.05, 4.69) is 31.3 Å². The number of hydrogen-bond donors (Lipinski definition) is 1. The van der Waals surface area contributed by atoms with Crippen LogP contribution >= 0.6 is 0 Å². The van der Waals surface area contributed by atoms with Crippen molar-refractivity contribution in [1.82, 2.24) is 15.1 Å². The number of rotatable bonds is 3. The van der Waals surface area contributed by atoms with Gasteiger partial charge in [0.15, 0.2) is 0 Å². The summed E-state index contributed by atoms with van der Waals surface area (Å²) in [5.41, 5.74) is 4.06. The number of aromatic nitrogens is 2. The van der Waals surface area contributed by atoms with Crippen LogP contribution in [-0.4, -0.2) is 29.0 Å². The van der Waals surface area contributed by atoms with Gasteiger partial charge in [-0.05, 0) is 58.9 Å². The van der Waals surface area contributed by atoms with Gasteiger partial charge >= 0.3 is 0 Å². The Balaban J connectivity index is 1.85. The maximum atomic E-state index is 6.08. The van der Waals surface area contributed by atoms with E-state index in [-0.39, 0.29) is 5.60 Å². The molecule has 112 valence electrons. The van der Waals surface area contributed by atoms with E-state index in [1.54, 1.807) is 0 Å². The van der Waals surface area contributed by atoms with Gasteiger partial charge in [-0.15, -0.1) is 0 Å². The summed E-state index contributed by atoms with van der Waals surface area (Å²) in [5.74, 6) is 0.663. The van der Waals surface area contributed by atoms with Crippen LogP contribution in [0.5, 0.6) is 0 Å². The zero-order chi connectivity index (χ0) is 14.3. The summed E-state index contributed by atoms with van der Waals surface area (Å²) in [7, 11) is 4.12. The molecule has 2 fully saturated rings. The van der Waals surface area contributed by atoms with Crippen molar-refractivity contribution in [3.63, 3.8) is 0 Å².